The number of aromatic nitrogens is 1. The molecule has 0 bridgehead atoms. The third-order valence-corrected chi connectivity index (χ3v) is 3.28. The molecule has 0 aliphatic heterocycles. The molecule has 0 radical (unpaired) electrons. The average molecular weight is 278 g/mol. The predicted octanol–water partition coefficient (Wildman–Crippen LogP) is 2.80. The van der Waals surface area contributed by atoms with E-state index < -0.39 is 0 Å². The summed E-state index contributed by atoms with van der Waals surface area (Å²) in [6, 6.07) is 5.92. The number of aromatic amines is 1. The quantitative estimate of drug-likeness (QED) is 0.789. The van der Waals surface area contributed by atoms with Crippen molar-refractivity contribution in [3.8, 4) is 30.4 Å². The van der Waals surface area contributed by atoms with Gasteiger partial charge in [0.15, 0.2) is 0 Å². The second-order valence-electron chi connectivity index (χ2n) is 4.62. The molecule has 2 aromatic rings. The van der Waals surface area contributed by atoms with Crippen molar-refractivity contribution < 1.29 is 4.74 Å². The number of rotatable bonds is 7. The van der Waals surface area contributed by atoms with E-state index >= 15 is 0 Å². The van der Waals surface area contributed by atoms with Crippen LogP contribution in [0.1, 0.15) is 5.56 Å². The van der Waals surface area contributed by atoms with Crippen LogP contribution in [-0.2, 0) is 6.42 Å². The minimum Gasteiger partial charge on any atom is -0.481 e. The van der Waals surface area contributed by atoms with E-state index in [4.69, 9.17) is 17.6 Å². The van der Waals surface area contributed by atoms with Crippen molar-refractivity contribution in [3.05, 3.63) is 42.7 Å². The number of hydrogen-bond acceptors (Lipinski definition) is 2. The highest BCUT2D eigenvalue weighted by molar-refractivity contribution is 5.84. The first-order chi connectivity index (χ1) is 10.3. The summed E-state index contributed by atoms with van der Waals surface area (Å²) in [7, 11) is 0. The first kappa shape index (κ1) is 14.6. The average Bonchev–Trinajstić information content (AvgIpc) is 2.91. The maximum atomic E-state index is 5.47. The summed E-state index contributed by atoms with van der Waals surface area (Å²) in [5.74, 6) is 5.88. The van der Waals surface area contributed by atoms with Gasteiger partial charge in [-0.15, -0.1) is 12.8 Å². The Bertz CT molecular complexity index is 700. The lowest BCUT2D eigenvalue weighted by atomic mass is 10.1. The highest BCUT2D eigenvalue weighted by atomic mass is 16.5. The number of H-pyrrole nitrogens is 1. The molecule has 1 N–H and O–H groups in total. The molecule has 0 unspecified atom stereocenters. The van der Waals surface area contributed by atoms with Crippen LogP contribution in [0.25, 0.3) is 10.9 Å². The SMILES string of the molecule is C#CCOc1ccc2[nH]cc(CCN(C=C)CC#C)c2c1. The third-order valence-electron chi connectivity index (χ3n) is 3.28. The van der Waals surface area contributed by atoms with E-state index in [-0.39, 0.29) is 6.61 Å². The van der Waals surface area contributed by atoms with Crippen LogP contribution in [0.15, 0.2) is 37.2 Å². The van der Waals surface area contributed by atoms with Gasteiger partial charge in [-0.25, -0.2) is 0 Å². The van der Waals surface area contributed by atoms with E-state index in [0.29, 0.717) is 6.54 Å². The van der Waals surface area contributed by atoms with Crippen LogP contribution >= 0.6 is 0 Å². The first-order valence-corrected chi connectivity index (χ1v) is 6.75. The normalized spacial score (nSPS) is 9.81. The maximum absolute atomic E-state index is 5.47. The van der Waals surface area contributed by atoms with Gasteiger partial charge >= 0.3 is 0 Å². The van der Waals surface area contributed by atoms with Crippen LogP contribution in [0.3, 0.4) is 0 Å². The number of nitrogens with zero attached hydrogens (tertiary/aromatic N) is 1. The van der Waals surface area contributed by atoms with E-state index in [0.717, 1.165) is 29.6 Å². The zero-order valence-electron chi connectivity index (χ0n) is 11.9. The van der Waals surface area contributed by atoms with Crippen LogP contribution in [-0.4, -0.2) is 29.6 Å². The highest BCUT2D eigenvalue weighted by Crippen LogP contribution is 2.24. The fourth-order valence-corrected chi connectivity index (χ4v) is 2.20. The molecule has 1 aromatic heterocycles. The number of benzene rings is 1. The molecule has 0 aliphatic carbocycles. The Labute approximate surface area is 125 Å². The lowest BCUT2D eigenvalue weighted by molar-refractivity contribution is 0.371. The summed E-state index contributed by atoms with van der Waals surface area (Å²) in [6.45, 7) is 5.45. The number of hydrogen-bond donors (Lipinski definition) is 1. The van der Waals surface area contributed by atoms with Gasteiger partial charge < -0.3 is 14.6 Å². The van der Waals surface area contributed by atoms with Gasteiger partial charge in [-0.05, 0) is 36.4 Å². The fraction of sp³-hybridized carbons (Fsp3) is 0.222. The molecule has 0 fully saturated rings. The van der Waals surface area contributed by atoms with Crippen LogP contribution in [0.5, 0.6) is 5.75 Å². The minimum absolute atomic E-state index is 0.275. The molecule has 0 aliphatic rings. The predicted molar refractivity (Wildman–Crippen MR) is 86.9 cm³/mol. The standard InChI is InChI=1S/C18H18N2O/c1-4-10-20(6-3)11-9-15-14-19-18-8-7-16(13-17(15)18)21-12-5-2/h1-2,6-8,13-14,19H,3,9-12H2. The van der Waals surface area contributed by atoms with Crippen LogP contribution in [0.4, 0.5) is 0 Å². The van der Waals surface area contributed by atoms with Crippen molar-refractivity contribution in [1.82, 2.24) is 9.88 Å². The second kappa shape index (κ2) is 7.12. The zero-order valence-corrected chi connectivity index (χ0v) is 11.9. The topological polar surface area (TPSA) is 28.3 Å². The Morgan fingerprint density at radius 2 is 2.19 bits per heavy atom. The van der Waals surface area contributed by atoms with Gasteiger partial charge in [-0.1, -0.05) is 18.4 Å². The number of terminal acetylenes is 2. The molecule has 3 heteroatoms. The molecule has 0 saturated heterocycles. The van der Waals surface area contributed by atoms with Gasteiger partial charge in [0, 0.05) is 23.6 Å². The van der Waals surface area contributed by atoms with E-state index in [1.54, 1.807) is 6.20 Å². The third kappa shape index (κ3) is 3.61. The van der Waals surface area contributed by atoms with Gasteiger partial charge in [0.25, 0.3) is 0 Å². The number of ether oxygens (including phenoxy) is 1. The van der Waals surface area contributed by atoms with E-state index in [2.05, 4.69) is 23.4 Å². The lowest BCUT2D eigenvalue weighted by Crippen LogP contribution is -2.19. The van der Waals surface area contributed by atoms with Crippen molar-refractivity contribution in [1.29, 1.82) is 0 Å². The highest BCUT2D eigenvalue weighted by Gasteiger charge is 2.06. The fourth-order valence-electron chi connectivity index (χ4n) is 2.20. The first-order valence-electron chi connectivity index (χ1n) is 6.75. The molecule has 0 spiro atoms. The smallest absolute Gasteiger partial charge is 0.148 e. The molecule has 0 atom stereocenters. The molecule has 1 heterocycles. The van der Waals surface area contributed by atoms with E-state index in [1.807, 2.05) is 29.3 Å². The Morgan fingerprint density at radius 3 is 2.90 bits per heavy atom. The monoisotopic (exact) mass is 278 g/mol. The van der Waals surface area contributed by atoms with Crippen LogP contribution in [0, 0.1) is 24.7 Å². The Kier molecular flexibility index (Phi) is 4.96. The summed E-state index contributed by atoms with van der Waals surface area (Å²) < 4.78 is 5.47. The van der Waals surface area contributed by atoms with Gasteiger partial charge in [0.1, 0.15) is 12.4 Å². The van der Waals surface area contributed by atoms with Gasteiger partial charge in [-0.3, -0.25) is 0 Å². The summed E-state index contributed by atoms with van der Waals surface area (Å²) in [5.41, 5.74) is 2.31. The Hall–Kier alpha value is -2.78. The summed E-state index contributed by atoms with van der Waals surface area (Å²) in [5, 5.41) is 1.15. The number of nitrogens with one attached hydrogen (secondary N) is 1. The largest absolute Gasteiger partial charge is 0.481 e. The molecule has 21 heavy (non-hydrogen) atoms. The molecule has 1 aromatic carbocycles. The molecular formula is C18H18N2O. The van der Waals surface area contributed by atoms with E-state index in [1.165, 1.54) is 5.56 Å². The Morgan fingerprint density at radius 1 is 1.33 bits per heavy atom. The van der Waals surface area contributed by atoms with Crippen LogP contribution < -0.4 is 4.74 Å². The van der Waals surface area contributed by atoms with Crippen molar-refractivity contribution in [2.75, 3.05) is 19.7 Å². The summed E-state index contributed by atoms with van der Waals surface area (Å²) in [6.07, 6.45) is 15.2. The molecular weight excluding hydrogens is 260 g/mol. The van der Waals surface area contributed by atoms with Crippen molar-refractivity contribution in [2.24, 2.45) is 0 Å². The van der Waals surface area contributed by atoms with Crippen LogP contribution in [0.2, 0.25) is 0 Å². The molecule has 3 nitrogen and oxygen atoms in total. The Balaban J connectivity index is 2.14. The molecule has 0 amide bonds. The molecule has 106 valence electrons. The maximum Gasteiger partial charge on any atom is 0.148 e. The van der Waals surface area contributed by atoms with Gasteiger partial charge in [-0.2, -0.15) is 0 Å². The zero-order chi connectivity index (χ0) is 15.1. The van der Waals surface area contributed by atoms with Crippen molar-refractivity contribution in [2.45, 2.75) is 6.42 Å². The summed E-state index contributed by atoms with van der Waals surface area (Å²) >= 11 is 0. The lowest BCUT2D eigenvalue weighted by Gasteiger charge is -2.16. The van der Waals surface area contributed by atoms with Crippen molar-refractivity contribution in [3.63, 3.8) is 0 Å². The molecule has 0 saturated carbocycles. The van der Waals surface area contributed by atoms with Crippen molar-refractivity contribution >= 4 is 10.9 Å². The summed E-state index contributed by atoms with van der Waals surface area (Å²) in [4.78, 5) is 5.28. The van der Waals surface area contributed by atoms with Gasteiger partial charge in [0.05, 0.1) is 6.54 Å². The van der Waals surface area contributed by atoms with E-state index in [9.17, 15) is 0 Å². The minimum atomic E-state index is 0.275. The molecule has 2 rings (SSSR count). The van der Waals surface area contributed by atoms with Gasteiger partial charge in [0.2, 0.25) is 0 Å². The number of fused-ring (bicyclic) bond motifs is 1. The second-order valence-corrected chi connectivity index (χ2v) is 4.62.